The average molecular weight is 267 g/mol. The summed E-state index contributed by atoms with van der Waals surface area (Å²) in [5.74, 6) is 0. The van der Waals surface area contributed by atoms with Gasteiger partial charge in [0.05, 0.1) is 6.33 Å². The summed E-state index contributed by atoms with van der Waals surface area (Å²) in [6.07, 6.45) is 11.0. The first-order valence-corrected chi connectivity index (χ1v) is 7.02. The molecule has 0 bridgehead atoms. The van der Waals surface area contributed by atoms with Gasteiger partial charge in [0.2, 0.25) is 0 Å². The van der Waals surface area contributed by atoms with Crippen molar-refractivity contribution in [3.05, 3.63) is 17.8 Å². The van der Waals surface area contributed by atoms with Crippen LogP contribution in [0.3, 0.4) is 0 Å². The summed E-state index contributed by atoms with van der Waals surface area (Å²) in [7, 11) is 0. The first kappa shape index (κ1) is 13.3. The van der Waals surface area contributed by atoms with Crippen molar-refractivity contribution in [3.8, 4) is 0 Å². The number of hydrogen-bond acceptors (Lipinski definition) is 3. The highest BCUT2D eigenvalue weighted by atomic mass is 35.5. The Morgan fingerprint density at radius 3 is 2.67 bits per heavy atom. The number of hydrogen-bond donors (Lipinski definition) is 0. The molecular formula is C13H19ClN4. The number of rotatable bonds is 7. The zero-order valence-electron chi connectivity index (χ0n) is 10.8. The molecule has 18 heavy (non-hydrogen) atoms. The predicted molar refractivity (Wildman–Crippen MR) is 73.7 cm³/mol. The van der Waals surface area contributed by atoms with E-state index in [9.17, 15) is 0 Å². The smallest absolute Gasteiger partial charge is 0.164 e. The van der Waals surface area contributed by atoms with Crippen LogP contribution in [-0.2, 0) is 6.54 Å². The first-order chi connectivity index (χ1) is 8.83. The van der Waals surface area contributed by atoms with Crippen molar-refractivity contribution in [2.75, 3.05) is 0 Å². The lowest BCUT2D eigenvalue weighted by Crippen LogP contribution is -1.98. The standard InChI is InChI=1S/C13H19ClN4/c1-2-3-4-5-6-7-8-18-10-17-11-12(14)15-9-16-13(11)18/h9-10H,2-8H2,1H3. The normalized spacial score (nSPS) is 11.2. The van der Waals surface area contributed by atoms with E-state index in [1.807, 2.05) is 0 Å². The van der Waals surface area contributed by atoms with Gasteiger partial charge in [-0.15, -0.1) is 0 Å². The van der Waals surface area contributed by atoms with Crippen molar-refractivity contribution in [3.63, 3.8) is 0 Å². The lowest BCUT2D eigenvalue weighted by molar-refractivity contribution is 0.562. The lowest BCUT2D eigenvalue weighted by atomic mass is 10.1. The number of halogens is 1. The van der Waals surface area contributed by atoms with Crippen molar-refractivity contribution in [1.82, 2.24) is 19.5 Å². The number of imidazole rings is 1. The van der Waals surface area contributed by atoms with Crippen LogP contribution in [0.1, 0.15) is 45.4 Å². The quantitative estimate of drug-likeness (QED) is 0.565. The highest BCUT2D eigenvalue weighted by Gasteiger charge is 2.07. The van der Waals surface area contributed by atoms with Crippen molar-refractivity contribution in [2.45, 2.75) is 52.0 Å². The molecule has 0 saturated heterocycles. The summed E-state index contributed by atoms with van der Waals surface area (Å²) < 4.78 is 2.06. The molecule has 2 heterocycles. The number of nitrogens with zero attached hydrogens (tertiary/aromatic N) is 4. The molecule has 2 aromatic rings. The minimum absolute atomic E-state index is 0.432. The van der Waals surface area contributed by atoms with Crippen LogP contribution >= 0.6 is 11.6 Å². The fourth-order valence-electron chi connectivity index (χ4n) is 2.08. The average Bonchev–Trinajstić information content (AvgIpc) is 2.79. The van der Waals surface area contributed by atoms with Gasteiger partial charge in [-0.05, 0) is 6.42 Å². The molecule has 98 valence electrons. The maximum atomic E-state index is 5.96. The third-order valence-electron chi connectivity index (χ3n) is 3.11. The molecule has 2 rings (SSSR count). The Bertz CT molecular complexity index is 495. The molecule has 0 amide bonds. The highest BCUT2D eigenvalue weighted by molar-refractivity contribution is 6.33. The van der Waals surface area contributed by atoms with E-state index in [2.05, 4.69) is 26.4 Å². The maximum absolute atomic E-state index is 5.96. The van der Waals surface area contributed by atoms with Crippen LogP contribution in [0.2, 0.25) is 5.15 Å². The maximum Gasteiger partial charge on any atom is 0.164 e. The Kier molecular flexibility index (Phi) is 4.93. The summed E-state index contributed by atoms with van der Waals surface area (Å²) in [5, 5.41) is 0.432. The molecule has 5 heteroatoms. The van der Waals surface area contributed by atoms with Crippen LogP contribution in [0.4, 0.5) is 0 Å². The van der Waals surface area contributed by atoms with Crippen LogP contribution in [0.15, 0.2) is 12.7 Å². The van der Waals surface area contributed by atoms with Crippen molar-refractivity contribution < 1.29 is 0 Å². The third-order valence-corrected chi connectivity index (χ3v) is 3.39. The molecule has 4 nitrogen and oxygen atoms in total. The lowest BCUT2D eigenvalue weighted by Gasteiger charge is -2.03. The third kappa shape index (κ3) is 3.19. The number of unbranched alkanes of at least 4 members (excludes halogenated alkanes) is 5. The molecular weight excluding hydrogens is 248 g/mol. The number of fused-ring (bicyclic) bond motifs is 1. The Balaban J connectivity index is 1.86. The van der Waals surface area contributed by atoms with E-state index in [4.69, 9.17) is 11.6 Å². The Labute approximate surface area is 112 Å². The summed E-state index contributed by atoms with van der Waals surface area (Å²) in [6.45, 7) is 3.19. The fourth-order valence-corrected chi connectivity index (χ4v) is 2.26. The SMILES string of the molecule is CCCCCCCCn1cnc2c(Cl)ncnc21. The molecule has 2 aromatic heterocycles. The summed E-state index contributed by atoms with van der Waals surface area (Å²) in [4.78, 5) is 12.4. The van der Waals surface area contributed by atoms with E-state index in [1.165, 1.54) is 38.4 Å². The minimum atomic E-state index is 0.432. The Morgan fingerprint density at radius 2 is 1.83 bits per heavy atom. The van der Waals surface area contributed by atoms with Crippen LogP contribution < -0.4 is 0 Å². The predicted octanol–water partition coefficient (Wildman–Crippen LogP) is 3.84. The van der Waals surface area contributed by atoms with Crippen LogP contribution in [-0.4, -0.2) is 19.5 Å². The van der Waals surface area contributed by atoms with Crippen LogP contribution in [0.5, 0.6) is 0 Å². The van der Waals surface area contributed by atoms with Crippen molar-refractivity contribution in [2.24, 2.45) is 0 Å². The summed E-state index contributed by atoms with van der Waals surface area (Å²) >= 11 is 5.96. The first-order valence-electron chi connectivity index (χ1n) is 6.64. The molecule has 0 aliphatic heterocycles. The monoisotopic (exact) mass is 266 g/mol. The molecule has 0 aromatic carbocycles. The van der Waals surface area contributed by atoms with Gasteiger partial charge in [0, 0.05) is 6.54 Å². The second-order valence-corrected chi connectivity index (χ2v) is 4.90. The molecule has 0 fully saturated rings. The zero-order chi connectivity index (χ0) is 12.8. The van der Waals surface area contributed by atoms with Gasteiger partial charge in [-0.2, -0.15) is 0 Å². The molecule has 0 N–H and O–H groups in total. The minimum Gasteiger partial charge on any atom is -0.315 e. The van der Waals surface area contributed by atoms with Crippen molar-refractivity contribution in [1.29, 1.82) is 0 Å². The second-order valence-electron chi connectivity index (χ2n) is 4.54. The second kappa shape index (κ2) is 6.69. The Hall–Kier alpha value is -1.16. The van der Waals surface area contributed by atoms with Gasteiger partial charge in [0.25, 0.3) is 0 Å². The fraction of sp³-hybridized carbons (Fsp3) is 0.615. The van der Waals surface area contributed by atoms with Crippen LogP contribution in [0.25, 0.3) is 11.2 Å². The summed E-state index contributed by atoms with van der Waals surface area (Å²) in [6, 6.07) is 0. The van der Waals surface area contributed by atoms with Gasteiger partial charge in [-0.3, -0.25) is 0 Å². The van der Waals surface area contributed by atoms with E-state index in [0.29, 0.717) is 10.7 Å². The van der Waals surface area contributed by atoms with E-state index in [1.54, 1.807) is 6.33 Å². The molecule has 0 radical (unpaired) electrons. The Morgan fingerprint density at radius 1 is 1.06 bits per heavy atom. The van der Waals surface area contributed by atoms with Crippen molar-refractivity contribution >= 4 is 22.8 Å². The summed E-state index contributed by atoms with van der Waals surface area (Å²) in [5.41, 5.74) is 1.54. The van der Waals surface area contributed by atoms with E-state index in [0.717, 1.165) is 18.6 Å². The molecule has 0 atom stereocenters. The molecule has 0 spiro atoms. The van der Waals surface area contributed by atoms with E-state index >= 15 is 0 Å². The topological polar surface area (TPSA) is 43.6 Å². The molecule has 0 saturated carbocycles. The van der Waals surface area contributed by atoms with Gasteiger partial charge in [-0.1, -0.05) is 50.6 Å². The highest BCUT2D eigenvalue weighted by Crippen LogP contribution is 2.17. The van der Waals surface area contributed by atoms with Gasteiger partial charge in [0.15, 0.2) is 10.8 Å². The zero-order valence-corrected chi connectivity index (χ0v) is 11.5. The van der Waals surface area contributed by atoms with E-state index < -0.39 is 0 Å². The van der Waals surface area contributed by atoms with Crippen LogP contribution in [0, 0.1) is 0 Å². The molecule has 0 aliphatic rings. The van der Waals surface area contributed by atoms with Gasteiger partial charge in [-0.25, -0.2) is 15.0 Å². The van der Waals surface area contributed by atoms with Gasteiger partial charge >= 0.3 is 0 Å². The number of aromatic nitrogens is 4. The van der Waals surface area contributed by atoms with Gasteiger partial charge in [0.1, 0.15) is 11.8 Å². The molecule has 0 aliphatic carbocycles. The number of aryl methyl sites for hydroxylation is 1. The van der Waals surface area contributed by atoms with Gasteiger partial charge < -0.3 is 4.57 Å². The van der Waals surface area contributed by atoms with E-state index in [-0.39, 0.29) is 0 Å². The largest absolute Gasteiger partial charge is 0.315 e. The molecule has 0 unspecified atom stereocenters.